The molecule has 0 radical (unpaired) electrons. The molecule has 2 nitrogen and oxygen atoms in total. The summed E-state index contributed by atoms with van der Waals surface area (Å²) in [7, 11) is 0. The van der Waals surface area contributed by atoms with Crippen LogP contribution in [0, 0.1) is 11.3 Å². The number of hydrogen-bond acceptors (Lipinski definition) is 2. The number of piperidine rings is 1. The maximum atomic E-state index is 6.30. The van der Waals surface area contributed by atoms with E-state index in [2.05, 4.69) is 32.6 Å². The number of nitrogens with zero attached hydrogens (tertiary/aromatic N) is 1. The van der Waals surface area contributed by atoms with Crippen LogP contribution in [0.25, 0.3) is 0 Å². The maximum Gasteiger partial charge on any atom is 0.0385 e. The molecule has 2 fully saturated rings. The van der Waals surface area contributed by atoms with Gasteiger partial charge in [0.1, 0.15) is 0 Å². The van der Waals surface area contributed by atoms with E-state index in [-0.39, 0.29) is 5.54 Å². The molecular formula is C16H32N2. The monoisotopic (exact) mass is 252 g/mol. The molecule has 2 aliphatic rings. The maximum absolute atomic E-state index is 6.30. The van der Waals surface area contributed by atoms with Crippen LogP contribution in [0.4, 0.5) is 0 Å². The van der Waals surface area contributed by atoms with E-state index < -0.39 is 0 Å². The fourth-order valence-corrected chi connectivity index (χ4v) is 4.63. The molecular weight excluding hydrogens is 220 g/mol. The van der Waals surface area contributed by atoms with Gasteiger partial charge >= 0.3 is 0 Å². The van der Waals surface area contributed by atoms with Crippen LogP contribution in [0.1, 0.15) is 66.2 Å². The molecule has 1 heterocycles. The van der Waals surface area contributed by atoms with Gasteiger partial charge in [0.2, 0.25) is 0 Å². The summed E-state index contributed by atoms with van der Waals surface area (Å²) in [4.78, 5) is 2.78. The molecule has 1 aliphatic heterocycles. The first-order valence-electron chi connectivity index (χ1n) is 7.90. The lowest BCUT2D eigenvalue weighted by Gasteiger charge is -2.59. The second-order valence-corrected chi connectivity index (χ2v) is 7.50. The van der Waals surface area contributed by atoms with E-state index in [1.54, 1.807) is 0 Å². The average Bonchev–Trinajstić information content (AvgIpc) is 2.30. The van der Waals surface area contributed by atoms with E-state index in [1.807, 2.05) is 0 Å². The largest absolute Gasteiger partial charge is 0.329 e. The van der Waals surface area contributed by atoms with Crippen LogP contribution in [-0.4, -0.2) is 29.6 Å². The Labute approximate surface area is 113 Å². The highest BCUT2D eigenvalue weighted by molar-refractivity contribution is 5.07. The molecule has 0 bridgehead atoms. The van der Waals surface area contributed by atoms with Crippen molar-refractivity contribution in [2.45, 2.75) is 77.8 Å². The summed E-state index contributed by atoms with van der Waals surface area (Å²) < 4.78 is 0. The first-order valence-corrected chi connectivity index (χ1v) is 7.90. The van der Waals surface area contributed by atoms with Crippen molar-refractivity contribution in [3.05, 3.63) is 0 Å². The Hall–Kier alpha value is -0.0800. The third-order valence-electron chi connectivity index (χ3n) is 5.93. The van der Waals surface area contributed by atoms with E-state index in [9.17, 15) is 0 Å². The third kappa shape index (κ3) is 2.22. The highest BCUT2D eigenvalue weighted by atomic mass is 15.3. The fraction of sp³-hybridized carbons (Fsp3) is 1.00. The van der Waals surface area contributed by atoms with E-state index in [0.717, 1.165) is 12.5 Å². The SMILES string of the molecule is CC1CCN(C2(CN)CCCCC2(C)C)C(C)C1. The molecule has 0 aromatic heterocycles. The minimum atomic E-state index is 0.255. The van der Waals surface area contributed by atoms with Crippen LogP contribution < -0.4 is 5.73 Å². The van der Waals surface area contributed by atoms with Crippen LogP contribution >= 0.6 is 0 Å². The van der Waals surface area contributed by atoms with Gasteiger partial charge in [-0.3, -0.25) is 4.90 Å². The zero-order valence-corrected chi connectivity index (χ0v) is 12.8. The second-order valence-electron chi connectivity index (χ2n) is 7.50. The van der Waals surface area contributed by atoms with Crippen LogP contribution in [-0.2, 0) is 0 Å². The lowest BCUT2D eigenvalue weighted by Crippen LogP contribution is -2.67. The summed E-state index contributed by atoms with van der Waals surface area (Å²) >= 11 is 0. The van der Waals surface area contributed by atoms with Crippen molar-refractivity contribution in [3.8, 4) is 0 Å². The smallest absolute Gasteiger partial charge is 0.0385 e. The Bertz CT molecular complexity index is 287. The minimum Gasteiger partial charge on any atom is -0.329 e. The normalized spacial score (nSPS) is 41.8. The molecule has 0 aromatic carbocycles. The van der Waals surface area contributed by atoms with Gasteiger partial charge in [0.05, 0.1) is 0 Å². The van der Waals surface area contributed by atoms with Crippen molar-refractivity contribution in [2.75, 3.05) is 13.1 Å². The molecule has 0 aromatic rings. The summed E-state index contributed by atoms with van der Waals surface area (Å²) in [6.45, 7) is 11.8. The lowest BCUT2D eigenvalue weighted by molar-refractivity contribution is -0.0824. The van der Waals surface area contributed by atoms with Crippen molar-refractivity contribution in [3.63, 3.8) is 0 Å². The van der Waals surface area contributed by atoms with Gasteiger partial charge in [-0.25, -0.2) is 0 Å². The van der Waals surface area contributed by atoms with Gasteiger partial charge in [-0.05, 0) is 50.5 Å². The summed E-state index contributed by atoms with van der Waals surface area (Å²) in [6.07, 6.45) is 8.07. The fourth-order valence-electron chi connectivity index (χ4n) is 4.63. The quantitative estimate of drug-likeness (QED) is 0.816. The van der Waals surface area contributed by atoms with Gasteiger partial charge in [-0.2, -0.15) is 0 Å². The first-order chi connectivity index (χ1) is 8.43. The van der Waals surface area contributed by atoms with Gasteiger partial charge in [0.15, 0.2) is 0 Å². The van der Waals surface area contributed by atoms with Gasteiger partial charge in [0.25, 0.3) is 0 Å². The molecule has 2 rings (SSSR count). The number of rotatable bonds is 2. The molecule has 2 N–H and O–H groups in total. The predicted octanol–water partition coefficient (Wildman–Crippen LogP) is 3.40. The van der Waals surface area contributed by atoms with Crippen LogP contribution in [0.15, 0.2) is 0 Å². The highest BCUT2D eigenvalue weighted by Crippen LogP contribution is 2.49. The number of likely N-dealkylation sites (tertiary alicyclic amines) is 1. The van der Waals surface area contributed by atoms with Gasteiger partial charge in [-0.15, -0.1) is 0 Å². The zero-order chi connectivity index (χ0) is 13.4. The van der Waals surface area contributed by atoms with E-state index >= 15 is 0 Å². The van der Waals surface area contributed by atoms with Crippen LogP contribution in [0.5, 0.6) is 0 Å². The Morgan fingerprint density at radius 2 is 1.83 bits per heavy atom. The zero-order valence-electron chi connectivity index (χ0n) is 12.8. The second kappa shape index (κ2) is 5.13. The molecule has 18 heavy (non-hydrogen) atoms. The van der Waals surface area contributed by atoms with Crippen molar-refractivity contribution in [2.24, 2.45) is 17.1 Å². The minimum absolute atomic E-state index is 0.255. The predicted molar refractivity (Wildman–Crippen MR) is 78.6 cm³/mol. The molecule has 2 heteroatoms. The van der Waals surface area contributed by atoms with Crippen molar-refractivity contribution in [1.29, 1.82) is 0 Å². The summed E-state index contributed by atoms with van der Waals surface area (Å²) in [6, 6.07) is 0.703. The van der Waals surface area contributed by atoms with Gasteiger partial charge in [0, 0.05) is 18.1 Å². The molecule has 0 amide bonds. The third-order valence-corrected chi connectivity index (χ3v) is 5.93. The lowest BCUT2D eigenvalue weighted by atomic mass is 9.61. The van der Waals surface area contributed by atoms with Gasteiger partial charge in [-0.1, -0.05) is 33.6 Å². The standard InChI is InChI=1S/C16H32N2/c1-13-7-10-18(14(2)11-13)16(12-17)9-6-5-8-15(16,3)4/h13-14H,5-12,17H2,1-4H3. The van der Waals surface area contributed by atoms with E-state index in [0.29, 0.717) is 11.5 Å². The topological polar surface area (TPSA) is 29.3 Å². The molecule has 1 saturated carbocycles. The molecule has 0 spiro atoms. The van der Waals surface area contributed by atoms with Crippen LogP contribution in [0.2, 0.25) is 0 Å². The highest BCUT2D eigenvalue weighted by Gasteiger charge is 2.51. The molecule has 106 valence electrons. The summed E-state index contributed by atoms with van der Waals surface area (Å²) in [5.41, 5.74) is 6.92. The molecule has 1 aliphatic carbocycles. The number of hydrogen-bond donors (Lipinski definition) is 1. The number of nitrogens with two attached hydrogens (primary N) is 1. The summed E-state index contributed by atoms with van der Waals surface area (Å²) in [5, 5.41) is 0. The van der Waals surface area contributed by atoms with Crippen LogP contribution in [0.3, 0.4) is 0 Å². The van der Waals surface area contributed by atoms with Crippen molar-refractivity contribution >= 4 is 0 Å². The van der Waals surface area contributed by atoms with E-state index in [4.69, 9.17) is 5.73 Å². The Kier molecular flexibility index (Phi) is 4.08. The first kappa shape index (κ1) is 14.3. The van der Waals surface area contributed by atoms with E-state index in [1.165, 1.54) is 45.1 Å². The molecule has 1 saturated heterocycles. The molecule has 3 unspecified atom stereocenters. The van der Waals surface area contributed by atoms with Gasteiger partial charge < -0.3 is 5.73 Å². The average molecular weight is 252 g/mol. The Morgan fingerprint density at radius 3 is 2.39 bits per heavy atom. The Balaban J connectivity index is 2.25. The molecule has 3 atom stereocenters. The van der Waals surface area contributed by atoms with Crippen molar-refractivity contribution in [1.82, 2.24) is 4.90 Å². The van der Waals surface area contributed by atoms with Crippen molar-refractivity contribution < 1.29 is 0 Å². The Morgan fingerprint density at radius 1 is 1.17 bits per heavy atom. The summed E-state index contributed by atoms with van der Waals surface area (Å²) in [5.74, 6) is 0.887.